The van der Waals surface area contributed by atoms with Gasteiger partial charge < -0.3 is 10.2 Å². The van der Waals surface area contributed by atoms with Crippen molar-refractivity contribution in [1.29, 1.82) is 0 Å². The molecular weight excluding hydrogens is 354 g/mol. The van der Waals surface area contributed by atoms with Gasteiger partial charge in [-0.3, -0.25) is 0 Å². The second-order valence-corrected chi connectivity index (χ2v) is 9.35. The van der Waals surface area contributed by atoms with Gasteiger partial charge in [0, 0.05) is 32.2 Å². The molecule has 3 rings (SSSR count). The Hall–Kier alpha value is -1.18. The molecule has 0 unspecified atom stereocenters. The van der Waals surface area contributed by atoms with Gasteiger partial charge in [0.25, 0.3) is 0 Å². The summed E-state index contributed by atoms with van der Waals surface area (Å²) >= 11 is 5.58. The van der Waals surface area contributed by atoms with E-state index in [1.165, 1.54) is 25.7 Å². The van der Waals surface area contributed by atoms with Crippen LogP contribution in [0.3, 0.4) is 0 Å². The lowest BCUT2D eigenvalue weighted by Crippen LogP contribution is -2.55. The van der Waals surface area contributed by atoms with Crippen molar-refractivity contribution < 1.29 is 8.42 Å². The maximum atomic E-state index is 12.7. The van der Waals surface area contributed by atoms with Gasteiger partial charge in [0.1, 0.15) is 0 Å². The fourth-order valence-electron chi connectivity index (χ4n) is 3.65. The number of nitrogens with zero attached hydrogens (tertiary/aromatic N) is 2. The smallest absolute Gasteiger partial charge is 0.243 e. The maximum absolute atomic E-state index is 12.7. The molecule has 1 aliphatic carbocycles. The standard InChI is InChI=1S/C18H27N3O2S2/c1-15-7-5-6-10-17(15)19-18(24)20-11-13-21(14-12-20)25(22,23)16-8-3-2-4-9-16/h2-4,8-9,15,17H,5-7,10-14H2,1H3,(H,19,24)/t15-,17-/m1/s1. The fraction of sp³-hybridized carbons (Fsp3) is 0.611. The molecule has 1 aromatic carbocycles. The minimum absolute atomic E-state index is 0.361. The van der Waals surface area contributed by atoms with Crippen molar-refractivity contribution in [2.45, 2.75) is 43.5 Å². The van der Waals surface area contributed by atoms with E-state index in [-0.39, 0.29) is 0 Å². The van der Waals surface area contributed by atoms with E-state index < -0.39 is 10.0 Å². The summed E-state index contributed by atoms with van der Waals surface area (Å²) in [5.41, 5.74) is 0. The van der Waals surface area contributed by atoms with Crippen LogP contribution in [0.1, 0.15) is 32.6 Å². The molecule has 2 aliphatic rings. The number of rotatable bonds is 3. The van der Waals surface area contributed by atoms with Crippen molar-refractivity contribution in [2.75, 3.05) is 26.2 Å². The molecule has 0 radical (unpaired) electrons. The highest BCUT2D eigenvalue weighted by Crippen LogP contribution is 2.24. The van der Waals surface area contributed by atoms with Gasteiger partial charge in [-0.15, -0.1) is 0 Å². The van der Waals surface area contributed by atoms with Crippen molar-refractivity contribution in [3.05, 3.63) is 30.3 Å². The lowest BCUT2D eigenvalue weighted by molar-refractivity contribution is 0.251. The molecule has 2 atom stereocenters. The second kappa shape index (κ2) is 8.01. The summed E-state index contributed by atoms with van der Waals surface area (Å²) in [4.78, 5) is 2.47. The summed E-state index contributed by atoms with van der Waals surface area (Å²) < 4.78 is 26.9. The zero-order chi connectivity index (χ0) is 17.9. The summed E-state index contributed by atoms with van der Waals surface area (Å²) in [6, 6.07) is 9.10. The molecule has 0 amide bonds. The molecule has 2 fully saturated rings. The number of piperazine rings is 1. The van der Waals surface area contributed by atoms with Crippen LogP contribution in [-0.4, -0.2) is 55.0 Å². The number of benzene rings is 1. The zero-order valence-electron chi connectivity index (χ0n) is 14.7. The average molecular weight is 382 g/mol. The highest BCUT2D eigenvalue weighted by Gasteiger charge is 2.30. The van der Waals surface area contributed by atoms with Crippen LogP contribution in [0.5, 0.6) is 0 Å². The van der Waals surface area contributed by atoms with Gasteiger partial charge in [-0.25, -0.2) is 8.42 Å². The third-order valence-electron chi connectivity index (χ3n) is 5.33. The molecule has 7 heteroatoms. The largest absolute Gasteiger partial charge is 0.360 e. The van der Waals surface area contributed by atoms with Crippen LogP contribution < -0.4 is 5.32 Å². The van der Waals surface area contributed by atoms with Gasteiger partial charge in [0.15, 0.2) is 5.11 Å². The third kappa shape index (κ3) is 4.33. The lowest BCUT2D eigenvalue weighted by Gasteiger charge is -2.38. The van der Waals surface area contributed by atoms with Gasteiger partial charge in [-0.2, -0.15) is 4.31 Å². The van der Waals surface area contributed by atoms with E-state index in [1.807, 2.05) is 6.07 Å². The predicted octanol–water partition coefficient (Wildman–Crippen LogP) is 2.45. The van der Waals surface area contributed by atoms with Gasteiger partial charge in [0.2, 0.25) is 10.0 Å². The summed E-state index contributed by atoms with van der Waals surface area (Å²) in [5.74, 6) is 0.645. The van der Waals surface area contributed by atoms with Gasteiger partial charge in [0.05, 0.1) is 4.90 Å². The van der Waals surface area contributed by atoms with E-state index >= 15 is 0 Å². The van der Waals surface area contributed by atoms with Crippen LogP contribution in [0.25, 0.3) is 0 Å². The van der Waals surface area contributed by atoms with Crippen LogP contribution in [-0.2, 0) is 10.0 Å². The molecule has 5 nitrogen and oxygen atoms in total. The Labute approximate surface area is 156 Å². The number of hydrogen-bond acceptors (Lipinski definition) is 3. The van der Waals surface area contributed by atoms with E-state index in [9.17, 15) is 8.42 Å². The summed E-state index contributed by atoms with van der Waals surface area (Å²) in [6.45, 7) is 4.50. The Balaban J connectivity index is 1.55. The Morgan fingerprint density at radius 3 is 2.36 bits per heavy atom. The highest BCUT2D eigenvalue weighted by atomic mass is 32.2. The molecule has 1 saturated heterocycles. The van der Waals surface area contributed by atoms with Crippen LogP contribution >= 0.6 is 12.2 Å². The lowest BCUT2D eigenvalue weighted by atomic mass is 9.86. The maximum Gasteiger partial charge on any atom is 0.243 e. The fourth-order valence-corrected chi connectivity index (χ4v) is 5.43. The quantitative estimate of drug-likeness (QED) is 0.815. The van der Waals surface area contributed by atoms with Gasteiger partial charge in [-0.1, -0.05) is 38.0 Å². The first-order valence-corrected chi connectivity index (χ1v) is 10.9. The minimum atomic E-state index is -3.40. The molecular formula is C18H27N3O2S2. The van der Waals surface area contributed by atoms with Crippen molar-refractivity contribution in [3.8, 4) is 0 Å². The zero-order valence-corrected chi connectivity index (χ0v) is 16.4. The molecule has 138 valence electrons. The number of thiocarbonyl (C=S) groups is 1. The predicted molar refractivity (Wildman–Crippen MR) is 104 cm³/mol. The number of hydrogen-bond donors (Lipinski definition) is 1. The molecule has 1 saturated carbocycles. The van der Waals surface area contributed by atoms with E-state index in [4.69, 9.17) is 12.2 Å². The Bertz CT molecular complexity index is 686. The summed E-state index contributed by atoms with van der Waals surface area (Å²) in [7, 11) is -3.40. The first-order chi connectivity index (χ1) is 12.0. The van der Waals surface area contributed by atoms with Crippen LogP contribution in [0, 0.1) is 5.92 Å². The van der Waals surface area contributed by atoms with Crippen molar-refractivity contribution >= 4 is 27.4 Å². The van der Waals surface area contributed by atoms with Gasteiger partial charge in [-0.05, 0) is 43.1 Å². The summed E-state index contributed by atoms with van der Waals surface area (Å²) in [5, 5.41) is 4.29. The van der Waals surface area contributed by atoms with E-state index in [2.05, 4.69) is 17.1 Å². The van der Waals surface area contributed by atoms with E-state index in [1.54, 1.807) is 28.6 Å². The SMILES string of the molecule is C[C@@H]1CCCC[C@H]1NC(=S)N1CCN(S(=O)(=O)c2ccccc2)CC1. The Morgan fingerprint density at radius 1 is 1.08 bits per heavy atom. The van der Waals surface area contributed by atoms with Crippen molar-refractivity contribution in [3.63, 3.8) is 0 Å². The Kier molecular flexibility index (Phi) is 5.96. The summed E-state index contributed by atoms with van der Waals surface area (Å²) in [6.07, 6.45) is 4.99. The van der Waals surface area contributed by atoms with E-state index in [0.717, 1.165) is 5.11 Å². The molecule has 1 aromatic rings. The average Bonchev–Trinajstić information content (AvgIpc) is 2.64. The van der Waals surface area contributed by atoms with Crippen molar-refractivity contribution in [1.82, 2.24) is 14.5 Å². The van der Waals surface area contributed by atoms with E-state index in [0.29, 0.717) is 43.0 Å². The third-order valence-corrected chi connectivity index (χ3v) is 7.62. The van der Waals surface area contributed by atoms with Crippen LogP contribution in [0.4, 0.5) is 0 Å². The number of sulfonamides is 1. The van der Waals surface area contributed by atoms with Crippen LogP contribution in [0.2, 0.25) is 0 Å². The molecule has 0 aromatic heterocycles. The van der Waals surface area contributed by atoms with Crippen LogP contribution in [0.15, 0.2) is 35.2 Å². The highest BCUT2D eigenvalue weighted by molar-refractivity contribution is 7.89. The molecule has 0 bridgehead atoms. The second-order valence-electron chi connectivity index (χ2n) is 7.02. The number of nitrogens with one attached hydrogen (secondary N) is 1. The van der Waals surface area contributed by atoms with Gasteiger partial charge >= 0.3 is 0 Å². The molecule has 25 heavy (non-hydrogen) atoms. The first kappa shape index (κ1) is 18.6. The molecule has 1 aliphatic heterocycles. The molecule has 0 spiro atoms. The Morgan fingerprint density at radius 2 is 1.72 bits per heavy atom. The van der Waals surface area contributed by atoms with Crippen molar-refractivity contribution in [2.24, 2.45) is 5.92 Å². The first-order valence-electron chi connectivity index (χ1n) is 9.09. The molecule has 1 heterocycles. The normalized spacial score (nSPS) is 25.6. The molecule has 1 N–H and O–H groups in total. The topological polar surface area (TPSA) is 52.6 Å². The monoisotopic (exact) mass is 381 g/mol. The minimum Gasteiger partial charge on any atom is -0.360 e.